The SMILES string of the molecule is Cn1c(=O)c2c(ncn2C)n(C)c1=O.NCCS(=O)(=O)O. The molecule has 2 rings (SSSR count). The number of fused-ring (bicyclic) bond motifs is 1. The van der Waals surface area contributed by atoms with Crippen molar-refractivity contribution in [3.63, 3.8) is 0 Å². The molecule has 0 aliphatic heterocycles. The van der Waals surface area contributed by atoms with Crippen LogP contribution in [0.2, 0.25) is 0 Å². The van der Waals surface area contributed by atoms with Crippen LogP contribution in [0.15, 0.2) is 15.9 Å². The minimum atomic E-state index is -3.80. The van der Waals surface area contributed by atoms with E-state index in [9.17, 15) is 18.0 Å². The van der Waals surface area contributed by atoms with Crippen LogP contribution < -0.4 is 17.0 Å². The van der Waals surface area contributed by atoms with Crippen LogP contribution in [0, 0.1) is 0 Å². The van der Waals surface area contributed by atoms with Crippen molar-refractivity contribution in [1.82, 2.24) is 18.7 Å². The molecule has 2 heterocycles. The molecule has 21 heavy (non-hydrogen) atoms. The third-order valence-corrected chi connectivity index (χ3v) is 3.44. The van der Waals surface area contributed by atoms with Gasteiger partial charge in [-0.2, -0.15) is 8.42 Å². The van der Waals surface area contributed by atoms with Gasteiger partial charge in [0.1, 0.15) is 0 Å². The molecule has 0 saturated carbocycles. The van der Waals surface area contributed by atoms with Gasteiger partial charge < -0.3 is 10.3 Å². The zero-order valence-corrected chi connectivity index (χ0v) is 12.7. The fourth-order valence-electron chi connectivity index (χ4n) is 1.62. The van der Waals surface area contributed by atoms with Crippen molar-refractivity contribution in [3.8, 4) is 0 Å². The third-order valence-electron chi connectivity index (χ3n) is 2.69. The van der Waals surface area contributed by atoms with Crippen molar-refractivity contribution < 1.29 is 13.0 Å². The first-order valence-corrected chi connectivity index (χ1v) is 7.43. The molecule has 11 heteroatoms. The van der Waals surface area contributed by atoms with Crippen LogP contribution in [0.4, 0.5) is 0 Å². The topological polar surface area (TPSA) is 142 Å². The summed E-state index contributed by atoms with van der Waals surface area (Å²) < 4.78 is 31.4. The third kappa shape index (κ3) is 3.77. The lowest BCUT2D eigenvalue weighted by molar-refractivity contribution is 0.483. The first-order chi connectivity index (χ1) is 9.60. The van der Waals surface area contributed by atoms with Crippen LogP contribution in [-0.2, 0) is 31.3 Å². The molecule has 0 aromatic carbocycles. The second-order valence-electron chi connectivity index (χ2n) is 4.31. The van der Waals surface area contributed by atoms with Crippen molar-refractivity contribution in [3.05, 3.63) is 27.2 Å². The van der Waals surface area contributed by atoms with Crippen LogP contribution in [-0.4, -0.2) is 44.0 Å². The maximum absolute atomic E-state index is 11.7. The highest BCUT2D eigenvalue weighted by atomic mass is 32.2. The molecule has 0 aliphatic rings. The van der Waals surface area contributed by atoms with E-state index < -0.39 is 10.1 Å². The van der Waals surface area contributed by atoms with Gasteiger partial charge >= 0.3 is 5.69 Å². The Kier molecular flexibility index (Phi) is 5.04. The number of aromatic nitrogens is 4. The molecule has 0 atom stereocenters. The Labute approximate surface area is 120 Å². The Balaban J connectivity index is 0.000000270. The maximum Gasteiger partial charge on any atom is 0.332 e. The lowest BCUT2D eigenvalue weighted by atomic mass is 10.5. The number of hydrogen-bond acceptors (Lipinski definition) is 6. The van der Waals surface area contributed by atoms with E-state index in [1.54, 1.807) is 18.7 Å². The van der Waals surface area contributed by atoms with Crippen LogP contribution in [0.5, 0.6) is 0 Å². The van der Waals surface area contributed by atoms with Gasteiger partial charge in [-0.25, -0.2) is 9.78 Å². The number of aryl methyl sites for hydroxylation is 2. The normalized spacial score (nSPS) is 11.3. The number of hydrogen-bond donors (Lipinski definition) is 2. The summed E-state index contributed by atoms with van der Waals surface area (Å²) in [5.41, 5.74) is 4.96. The van der Waals surface area contributed by atoms with Crippen LogP contribution in [0.25, 0.3) is 11.2 Å². The van der Waals surface area contributed by atoms with Crippen molar-refractivity contribution >= 4 is 21.3 Å². The van der Waals surface area contributed by atoms with Gasteiger partial charge in [0.05, 0.1) is 12.1 Å². The van der Waals surface area contributed by atoms with E-state index in [0.29, 0.717) is 11.2 Å². The average molecular weight is 319 g/mol. The van der Waals surface area contributed by atoms with E-state index in [-0.39, 0.29) is 23.5 Å². The summed E-state index contributed by atoms with van der Waals surface area (Å²) in [7, 11) is 0.974. The molecular formula is C10H17N5O5S. The fraction of sp³-hybridized carbons (Fsp3) is 0.500. The molecule has 10 nitrogen and oxygen atoms in total. The van der Waals surface area contributed by atoms with E-state index in [4.69, 9.17) is 10.3 Å². The minimum absolute atomic E-state index is 0.0289. The van der Waals surface area contributed by atoms with Gasteiger partial charge in [0, 0.05) is 27.7 Å². The van der Waals surface area contributed by atoms with Gasteiger partial charge in [0.15, 0.2) is 11.2 Å². The molecule has 0 radical (unpaired) electrons. The summed E-state index contributed by atoms with van der Waals surface area (Å²) in [6.45, 7) is -0.0289. The smallest absolute Gasteiger partial charge is 0.329 e. The van der Waals surface area contributed by atoms with Gasteiger partial charge in [0.25, 0.3) is 15.7 Å². The van der Waals surface area contributed by atoms with Gasteiger partial charge in [0.2, 0.25) is 0 Å². The first-order valence-electron chi connectivity index (χ1n) is 5.82. The molecule has 2 aromatic heterocycles. The molecule has 0 aliphatic carbocycles. The molecule has 0 bridgehead atoms. The monoisotopic (exact) mass is 319 g/mol. The summed E-state index contributed by atoms with van der Waals surface area (Å²) in [4.78, 5) is 27.2. The lowest BCUT2D eigenvalue weighted by Gasteiger charge is -2.02. The molecule has 0 fully saturated rings. The number of nitrogens with zero attached hydrogens (tertiary/aromatic N) is 4. The maximum atomic E-state index is 11.7. The van der Waals surface area contributed by atoms with Gasteiger partial charge in [-0.3, -0.25) is 18.5 Å². The minimum Gasteiger partial charge on any atom is -0.329 e. The Morgan fingerprint density at radius 2 is 1.81 bits per heavy atom. The quantitative estimate of drug-likeness (QED) is 0.598. The lowest BCUT2D eigenvalue weighted by Crippen LogP contribution is -2.37. The second kappa shape index (κ2) is 6.20. The molecule has 3 N–H and O–H groups in total. The number of rotatable bonds is 2. The Hall–Kier alpha value is -1.98. The zero-order valence-electron chi connectivity index (χ0n) is 11.8. The second-order valence-corrected chi connectivity index (χ2v) is 5.88. The molecule has 0 amide bonds. The summed E-state index contributed by atoms with van der Waals surface area (Å²) in [6.07, 6.45) is 1.52. The molecule has 2 aromatic rings. The van der Waals surface area contributed by atoms with Crippen LogP contribution >= 0.6 is 0 Å². The largest absolute Gasteiger partial charge is 0.332 e. The Bertz CT molecular complexity index is 860. The van der Waals surface area contributed by atoms with Crippen molar-refractivity contribution in [2.24, 2.45) is 26.9 Å². The standard InChI is InChI=1S/C8H10N4O2.C2H7NO3S/c1-10-4-9-6-5(10)7(13)12(3)8(14)11(6)2;3-1-2-7(4,5)6/h4H,1-3H3;1-3H2,(H,4,5,6). The van der Waals surface area contributed by atoms with Crippen LogP contribution in [0.1, 0.15) is 0 Å². The van der Waals surface area contributed by atoms with E-state index >= 15 is 0 Å². The van der Waals surface area contributed by atoms with E-state index in [1.165, 1.54) is 17.9 Å². The first kappa shape index (κ1) is 17.1. The van der Waals surface area contributed by atoms with Crippen molar-refractivity contribution in [2.45, 2.75) is 0 Å². The molecule has 0 saturated heterocycles. The van der Waals surface area contributed by atoms with Crippen molar-refractivity contribution in [2.75, 3.05) is 12.3 Å². The summed E-state index contributed by atoms with van der Waals surface area (Å²) in [6, 6.07) is 0. The predicted molar refractivity (Wildman–Crippen MR) is 76.7 cm³/mol. The van der Waals surface area contributed by atoms with E-state index in [1.807, 2.05) is 0 Å². The number of nitrogens with two attached hydrogens (primary N) is 1. The number of imidazole rings is 1. The highest BCUT2D eigenvalue weighted by Gasteiger charge is 2.11. The molecule has 118 valence electrons. The average Bonchev–Trinajstić information content (AvgIpc) is 2.75. The summed E-state index contributed by atoms with van der Waals surface area (Å²) in [5, 5.41) is 0. The molecule has 0 unspecified atom stereocenters. The van der Waals surface area contributed by atoms with Gasteiger partial charge in [-0.05, 0) is 0 Å². The Morgan fingerprint density at radius 1 is 1.24 bits per heavy atom. The molecular weight excluding hydrogens is 302 g/mol. The summed E-state index contributed by atoms with van der Waals surface area (Å²) >= 11 is 0. The van der Waals surface area contributed by atoms with Crippen LogP contribution in [0.3, 0.4) is 0 Å². The zero-order chi connectivity index (χ0) is 16.4. The van der Waals surface area contributed by atoms with Gasteiger partial charge in [-0.1, -0.05) is 0 Å². The highest BCUT2D eigenvalue weighted by molar-refractivity contribution is 7.85. The highest BCUT2D eigenvalue weighted by Crippen LogP contribution is 2.01. The van der Waals surface area contributed by atoms with E-state index in [2.05, 4.69) is 4.98 Å². The predicted octanol–water partition coefficient (Wildman–Crippen LogP) is -2.20. The Morgan fingerprint density at radius 3 is 2.24 bits per heavy atom. The molecule has 0 spiro atoms. The van der Waals surface area contributed by atoms with Gasteiger partial charge in [-0.15, -0.1) is 0 Å². The van der Waals surface area contributed by atoms with E-state index in [0.717, 1.165) is 4.57 Å². The summed E-state index contributed by atoms with van der Waals surface area (Å²) in [5.74, 6) is -0.354. The van der Waals surface area contributed by atoms with Crippen molar-refractivity contribution in [1.29, 1.82) is 0 Å². The fourth-order valence-corrected chi connectivity index (χ4v) is 1.92.